The standard InChI is InChI=1S/C5H6O2Si/c1-8-7-5-3-2-4-6-5/h2-4H,1H3. The summed E-state index contributed by atoms with van der Waals surface area (Å²) in [5, 5.41) is 0. The van der Waals surface area contributed by atoms with Crippen molar-refractivity contribution in [3.63, 3.8) is 0 Å². The van der Waals surface area contributed by atoms with Crippen LogP contribution in [0.25, 0.3) is 0 Å². The van der Waals surface area contributed by atoms with Crippen molar-refractivity contribution in [1.82, 2.24) is 0 Å². The number of furan rings is 1. The molecule has 0 aliphatic heterocycles. The Morgan fingerprint density at radius 1 is 1.75 bits per heavy atom. The molecule has 1 aromatic rings. The van der Waals surface area contributed by atoms with Crippen LogP contribution in [0.5, 0.6) is 5.95 Å². The first-order valence-corrected chi connectivity index (χ1v) is 3.71. The summed E-state index contributed by atoms with van der Waals surface area (Å²) in [5.41, 5.74) is 0. The minimum absolute atomic E-state index is 0.458. The zero-order chi connectivity index (χ0) is 5.82. The van der Waals surface area contributed by atoms with Gasteiger partial charge in [0.15, 0.2) is 0 Å². The Labute approximate surface area is 50.4 Å². The molecular formula is C5H6O2Si. The predicted octanol–water partition coefficient (Wildman–Crippen LogP) is 1.33. The minimum atomic E-state index is 0.458. The molecule has 42 valence electrons. The summed E-state index contributed by atoms with van der Waals surface area (Å²) < 4.78 is 9.87. The average molecular weight is 126 g/mol. The highest BCUT2D eigenvalue weighted by Crippen LogP contribution is 2.08. The summed E-state index contributed by atoms with van der Waals surface area (Å²) in [6.45, 7) is 1.95. The molecule has 2 radical (unpaired) electrons. The molecule has 8 heavy (non-hydrogen) atoms. The van der Waals surface area contributed by atoms with E-state index in [4.69, 9.17) is 8.84 Å². The molecule has 0 aromatic carbocycles. The topological polar surface area (TPSA) is 22.4 Å². The second kappa shape index (κ2) is 2.57. The quantitative estimate of drug-likeness (QED) is 0.558. The van der Waals surface area contributed by atoms with Crippen LogP contribution in [0.3, 0.4) is 0 Å². The van der Waals surface area contributed by atoms with E-state index in [2.05, 4.69) is 0 Å². The van der Waals surface area contributed by atoms with Gasteiger partial charge in [0.05, 0.1) is 6.26 Å². The summed E-state index contributed by atoms with van der Waals surface area (Å²) in [4.78, 5) is 0. The Hall–Kier alpha value is -0.703. The first-order valence-electron chi connectivity index (χ1n) is 2.30. The molecule has 0 N–H and O–H groups in total. The molecule has 0 aliphatic carbocycles. The fourth-order valence-electron chi connectivity index (χ4n) is 0.422. The van der Waals surface area contributed by atoms with E-state index in [9.17, 15) is 0 Å². The maximum absolute atomic E-state index is 5.01. The van der Waals surface area contributed by atoms with E-state index in [0.29, 0.717) is 15.7 Å². The van der Waals surface area contributed by atoms with Gasteiger partial charge in [0, 0.05) is 6.07 Å². The Morgan fingerprint density at radius 3 is 3.12 bits per heavy atom. The van der Waals surface area contributed by atoms with E-state index in [0.717, 1.165) is 0 Å². The molecule has 0 fully saturated rings. The maximum atomic E-state index is 5.01. The monoisotopic (exact) mass is 126 g/mol. The molecule has 1 heterocycles. The Morgan fingerprint density at radius 2 is 2.62 bits per heavy atom. The van der Waals surface area contributed by atoms with Gasteiger partial charge < -0.3 is 8.84 Å². The second-order valence-electron chi connectivity index (χ2n) is 1.24. The van der Waals surface area contributed by atoms with E-state index in [1.54, 1.807) is 18.4 Å². The van der Waals surface area contributed by atoms with Gasteiger partial charge in [-0.25, -0.2) is 0 Å². The van der Waals surface area contributed by atoms with Crippen molar-refractivity contribution in [2.45, 2.75) is 6.55 Å². The lowest BCUT2D eigenvalue weighted by Crippen LogP contribution is -1.92. The first kappa shape index (κ1) is 5.43. The molecule has 0 atom stereocenters. The van der Waals surface area contributed by atoms with Gasteiger partial charge in [-0.2, -0.15) is 0 Å². The van der Waals surface area contributed by atoms with Gasteiger partial charge in [0.25, 0.3) is 5.95 Å². The van der Waals surface area contributed by atoms with Crippen LogP contribution in [-0.4, -0.2) is 9.76 Å². The van der Waals surface area contributed by atoms with E-state index in [1.807, 2.05) is 6.55 Å². The van der Waals surface area contributed by atoms with Crippen molar-refractivity contribution >= 4 is 9.76 Å². The number of hydrogen-bond acceptors (Lipinski definition) is 2. The lowest BCUT2D eigenvalue weighted by atomic mass is 10.7. The fourth-order valence-corrected chi connectivity index (χ4v) is 0.739. The van der Waals surface area contributed by atoms with Gasteiger partial charge in [-0.3, -0.25) is 0 Å². The number of hydrogen-bond donors (Lipinski definition) is 0. The second-order valence-corrected chi connectivity index (χ2v) is 1.85. The third kappa shape index (κ3) is 1.13. The molecule has 0 unspecified atom stereocenters. The van der Waals surface area contributed by atoms with Crippen molar-refractivity contribution in [3.8, 4) is 5.95 Å². The van der Waals surface area contributed by atoms with Crippen LogP contribution in [-0.2, 0) is 0 Å². The van der Waals surface area contributed by atoms with Gasteiger partial charge in [0.2, 0.25) is 0 Å². The molecule has 2 nitrogen and oxygen atoms in total. The lowest BCUT2D eigenvalue weighted by molar-refractivity contribution is 0.403. The van der Waals surface area contributed by atoms with Crippen molar-refractivity contribution < 1.29 is 8.84 Å². The smallest absolute Gasteiger partial charge is 0.311 e. The maximum Gasteiger partial charge on any atom is 0.311 e. The highest BCUT2D eigenvalue weighted by Gasteiger charge is 1.89. The van der Waals surface area contributed by atoms with Crippen molar-refractivity contribution in [1.29, 1.82) is 0 Å². The van der Waals surface area contributed by atoms with Crippen LogP contribution in [0.15, 0.2) is 22.8 Å². The van der Waals surface area contributed by atoms with Crippen molar-refractivity contribution in [2.75, 3.05) is 0 Å². The molecule has 0 aliphatic rings. The zero-order valence-corrected chi connectivity index (χ0v) is 5.55. The van der Waals surface area contributed by atoms with Crippen molar-refractivity contribution in [3.05, 3.63) is 18.4 Å². The summed E-state index contributed by atoms with van der Waals surface area (Å²) in [6, 6.07) is 3.59. The molecule has 1 aromatic heterocycles. The van der Waals surface area contributed by atoms with Crippen LogP contribution in [0.1, 0.15) is 0 Å². The molecule has 0 spiro atoms. The summed E-state index contributed by atoms with van der Waals surface area (Å²) in [5.74, 6) is 0.603. The third-order valence-corrected chi connectivity index (χ3v) is 1.10. The van der Waals surface area contributed by atoms with Gasteiger partial charge >= 0.3 is 9.76 Å². The van der Waals surface area contributed by atoms with E-state index < -0.39 is 0 Å². The highest BCUT2D eigenvalue weighted by atomic mass is 28.2. The Kier molecular flexibility index (Phi) is 1.74. The highest BCUT2D eigenvalue weighted by molar-refractivity contribution is 6.25. The SMILES string of the molecule is C[Si]Oc1ccco1. The molecule has 0 saturated heterocycles. The van der Waals surface area contributed by atoms with E-state index >= 15 is 0 Å². The zero-order valence-electron chi connectivity index (χ0n) is 4.55. The molecule has 0 amide bonds. The van der Waals surface area contributed by atoms with Crippen LogP contribution < -0.4 is 4.43 Å². The summed E-state index contributed by atoms with van der Waals surface area (Å²) >= 11 is 0. The van der Waals surface area contributed by atoms with Gasteiger partial charge in [-0.15, -0.1) is 0 Å². The predicted molar refractivity (Wildman–Crippen MR) is 31.0 cm³/mol. The average Bonchev–Trinajstić information content (AvgIpc) is 2.19. The molecule has 0 saturated carbocycles. The molecular weight excluding hydrogens is 120 g/mol. The lowest BCUT2D eigenvalue weighted by Gasteiger charge is -1.91. The summed E-state index contributed by atoms with van der Waals surface area (Å²) in [7, 11) is 0.458. The van der Waals surface area contributed by atoms with Crippen LogP contribution in [0, 0.1) is 0 Å². The van der Waals surface area contributed by atoms with Crippen LogP contribution in [0.2, 0.25) is 6.55 Å². The first-order chi connectivity index (χ1) is 3.93. The Balaban J connectivity index is 2.50. The third-order valence-electron chi connectivity index (χ3n) is 0.698. The fraction of sp³-hybridized carbons (Fsp3) is 0.200. The Bertz CT molecular complexity index is 136. The normalized spacial score (nSPS) is 9.12. The number of rotatable bonds is 2. The van der Waals surface area contributed by atoms with Crippen molar-refractivity contribution in [2.24, 2.45) is 0 Å². The molecule has 3 heteroatoms. The van der Waals surface area contributed by atoms with Crippen LogP contribution in [0.4, 0.5) is 0 Å². The van der Waals surface area contributed by atoms with E-state index in [-0.39, 0.29) is 0 Å². The van der Waals surface area contributed by atoms with Gasteiger partial charge in [-0.1, -0.05) is 0 Å². The van der Waals surface area contributed by atoms with Gasteiger partial charge in [0.1, 0.15) is 0 Å². The summed E-state index contributed by atoms with van der Waals surface area (Å²) in [6.07, 6.45) is 1.59. The van der Waals surface area contributed by atoms with Crippen LogP contribution >= 0.6 is 0 Å². The van der Waals surface area contributed by atoms with E-state index in [1.165, 1.54) is 0 Å². The molecule has 1 rings (SSSR count). The van der Waals surface area contributed by atoms with Gasteiger partial charge in [-0.05, 0) is 12.6 Å². The largest absolute Gasteiger partial charge is 0.516 e. The minimum Gasteiger partial charge on any atom is -0.516 e. The molecule has 0 bridgehead atoms.